The van der Waals surface area contributed by atoms with Crippen molar-refractivity contribution >= 4 is 26.7 Å². The fourth-order valence-corrected chi connectivity index (χ4v) is 4.28. The van der Waals surface area contributed by atoms with E-state index in [0.717, 1.165) is 6.07 Å². The summed E-state index contributed by atoms with van der Waals surface area (Å²) in [4.78, 5) is 10.6. The van der Waals surface area contributed by atoms with E-state index in [0.29, 0.717) is 12.5 Å². The minimum absolute atomic E-state index is 0.181. The number of carbonyl (C=O) groups excluding carboxylic acids is 1. The topological polar surface area (TPSA) is 51.2 Å². The molecule has 1 unspecified atom stereocenters. The predicted molar refractivity (Wildman–Crippen MR) is 82.6 cm³/mol. The normalized spacial score (nSPS) is 13.9. The Balaban J connectivity index is 3.74. The molecule has 0 radical (unpaired) electrons. The molecule has 0 aliphatic carbocycles. The van der Waals surface area contributed by atoms with Gasteiger partial charge in [0.15, 0.2) is 9.84 Å². The van der Waals surface area contributed by atoms with E-state index in [4.69, 9.17) is 11.6 Å². The Morgan fingerprint density at radius 1 is 1.26 bits per heavy atom. The van der Waals surface area contributed by atoms with Crippen LogP contribution in [0.3, 0.4) is 0 Å². The zero-order chi connectivity index (χ0) is 18.0. The molecule has 0 aliphatic heterocycles. The number of benzene rings is 1. The van der Waals surface area contributed by atoms with Crippen LogP contribution in [-0.4, -0.2) is 18.9 Å². The SMILES string of the molecule is CCCC(C)S(=O)(=O)c1cc(CC)c(C(=O)Cl)cc1C(F)(F)F. The standard InChI is InChI=1S/C15H18ClF3O3S/c1-4-6-9(3)23(21,22)13-7-10(5-2)11(14(16)20)8-12(13)15(17,18)19/h7-9H,4-6H2,1-3H3. The Morgan fingerprint density at radius 3 is 2.22 bits per heavy atom. The number of carbonyl (C=O) groups is 1. The molecule has 0 spiro atoms. The van der Waals surface area contributed by atoms with E-state index in [9.17, 15) is 26.4 Å². The monoisotopic (exact) mass is 370 g/mol. The van der Waals surface area contributed by atoms with Crippen molar-refractivity contribution in [1.29, 1.82) is 0 Å². The van der Waals surface area contributed by atoms with Crippen molar-refractivity contribution in [3.63, 3.8) is 0 Å². The summed E-state index contributed by atoms with van der Waals surface area (Å²) in [6.45, 7) is 4.74. The summed E-state index contributed by atoms with van der Waals surface area (Å²) < 4.78 is 64.9. The Morgan fingerprint density at radius 2 is 1.83 bits per heavy atom. The van der Waals surface area contributed by atoms with Crippen LogP contribution < -0.4 is 0 Å². The smallest absolute Gasteiger partial charge is 0.276 e. The molecular weight excluding hydrogens is 353 g/mol. The van der Waals surface area contributed by atoms with Gasteiger partial charge >= 0.3 is 6.18 Å². The second-order valence-corrected chi connectivity index (χ2v) is 7.95. The van der Waals surface area contributed by atoms with Gasteiger partial charge in [0.1, 0.15) is 0 Å². The molecule has 3 nitrogen and oxygen atoms in total. The van der Waals surface area contributed by atoms with Crippen molar-refractivity contribution in [3.8, 4) is 0 Å². The average molecular weight is 371 g/mol. The third-order valence-corrected chi connectivity index (χ3v) is 6.08. The van der Waals surface area contributed by atoms with Gasteiger partial charge in [-0.3, -0.25) is 4.79 Å². The van der Waals surface area contributed by atoms with Crippen molar-refractivity contribution in [2.45, 2.75) is 56.4 Å². The molecule has 0 saturated carbocycles. The van der Waals surface area contributed by atoms with Gasteiger partial charge in [-0.25, -0.2) is 8.42 Å². The first-order valence-electron chi connectivity index (χ1n) is 7.14. The van der Waals surface area contributed by atoms with Crippen LogP contribution in [0, 0.1) is 0 Å². The number of alkyl halides is 3. The second kappa shape index (κ2) is 7.21. The molecule has 0 heterocycles. The maximum absolute atomic E-state index is 13.3. The van der Waals surface area contributed by atoms with E-state index in [-0.39, 0.29) is 24.0 Å². The number of sulfone groups is 1. The van der Waals surface area contributed by atoms with Gasteiger partial charge in [-0.15, -0.1) is 0 Å². The molecule has 130 valence electrons. The number of hydrogen-bond acceptors (Lipinski definition) is 3. The van der Waals surface area contributed by atoms with E-state index >= 15 is 0 Å². The third-order valence-electron chi connectivity index (χ3n) is 3.63. The molecule has 0 bridgehead atoms. The zero-order valence-corrected chi connectivity index (χ0v) is 14.6. The molecule has 0 amide bonds. The molecule has 1 atom stereocenters. The van der Waals surface area contributed by atoms with Crippen molar-refractivity contribution in [3.05, 3.63) is 28.8 Å². The Hall–Kier alpha value is -1.08. The van der Waals surface area contributed by atoms with Gasteiger partial charge in [0, 0.05) is 5.56 Å². The van der Waals surface area contributed by atoms with Crippen LogP contribution in [0.5, 0.6) is 0 Å². The van der Waals surface area contributed by atoms with Crippen molar-refractivity contribution in [2.75, 3.05) is 0 Å². The molecule has 0 aliphatic rings. The van der Waals surface area contributed by atoms with Crippen LogP contribution in [0.15, 0.2) is 17.0 Å². The molecule has 1 aromatic carbocycles. The quantitative estimate of drug-likeness (QED) is 0.687. The molecule has 23 heavy (non-hydrogen) atoms. The minimum Gasteiger partial charge on any atom is -0.276 e. The first-order chi connectivity index (χ1) is 10.5. The summed E-state index contributed by atoms with van der Waals surface area (Å²) in [7, 11) is -4.16. The van der Waals surface area contributed by atoms with Crippen LogP contribution in [0.4, 0.5) is 13.2 Å². The van der Waals surface area contributed by atoms with Gasteiger partial charge in [-0.2, -0.15) is 13.2 Å². The second-order valence-electron chi connectivity index (χ2n) is 5.27. The van der Waals surface area contributed by atoms with Gasteiger partial charge in [0.2, 0.25) is 0 Å². The lowest BCUT2D eigenvalue weighted by Crippen LogP contribution is -2.23. The Kier molecular flexibility index (Phi) is 6.26. The van der Waals surface area contributed by atoms with E-state index in [1.807, 2.05) is 0 Å². The van der Waals surface area contributed by atoms with Crippen molar-refractivity contribution in [1.82, 2.24) is 0 Å². The van der Waals surface area contributed by atoms with E-state index in [2.05, 4.69) is 0 Å². The largest absolute Gasteiger partial charge is 0.417 e. The van der Waals surface area contributed by atoms with E-state index in [1.54, 1.807) is 13.8 Å². The first kappa shape index (κ1) is 20.0. The number of halogens is 4. The van der Waals surface area contributed by atoms with Gasteiger partial charge < -0.3 is 0 Å². The highest BCUT2D eigenvalue weighted by atomic mass is 35.5. The van der Waals surface area contributed by atoms with E-state index in [1.165, 1.54) is 6.92 Å². The summed E-state index contributed by atoms with van der Waals surface area (Å²) in [6, 6.07) is 1.47. The highest BCUT2D eigenvalue weighted by Gasteiger charge is 2.39. The Bertz CT molecular complexity index is 697. The first-order valence-corrected chi connectivity index (χ1v) is 9.07. The molecule has 0 N–H and O–H groups in total. The maximum Gasteiger partial charge on any atom is 0.417 e. The van der Waals surface area contributed by atoms with Crippen LogP contribution in [0.1, 0.15) is 55.1 Å². The van der Waals surface area contributed by atoms with Crippen LogP contribution in [-0.2, 0) is 22.4 Å². The highest BCUT2D eigenvalue weighted by Crippen LogP contribution is 2.38. The number of aryl methyl sites for hydroxylation is 1. The van der Waals surface area contributed by atoms with Crippen molar-refractivity contribution < 1.29 is 26.4 Å². The molecule has 1 aromatic rings. The Labute approximate surface area is 138 Å². The fourth-order valence-electron chi connectivity index (χ4n) is 2.33. The summed E-state index contributed by atoms with van der Waals surface area (Å²) in [6.07, 6.45) is -3.93. The minimum atomic E-state index is -4.90. The van der Waals surface area contributed by atoms with Gasteiger partial charge in [-0.05, 0) is 49.1 Å². The molecule has 0 fully saturated rings. The van der Waals surface area contributed by atoms with E-state index < -0.39 is 37.0 Å². The lowest BCUT2D eigenvalue weighted by Gasteiger charge is -2.19. The van der Waals surface area contributed by atoms with Crippen LogP contribution >= 0.6 is 11.6 Å². The van der Waals surface area contributed by atoms with Gasteiger partial charge in [0.25, 0.3) is 5.24 Å². The zero-order valence-electron chi connectivity index (χ0n) is 13.0. The molecule has 1 rings (SSSR count). The third kappa shape index (κ3) is 4.26. The number of rotatable bonds is 6. The summed E-state index contributed by atoms with van der Waals surface area (Å²) in [5, 5.41) is -1.99. The summed E-state index contributed by atoms with van der Waals surface area (Å²) >= 11 is 5.33. The summed E-state index contributed by atoms with van der Waals surface area (Å²) in [5.74, 6) is 0. The highest BCUT2D eigenvalue weighted by molar-refractivity contribution is 7.92. The summed E-state index contributed by atoms with van der Waals surface area (Å²) in [5.41, 5.74) is -1.48. The maximum atomic E-state index is 13.3. The van der Waals surface area contributed by atoms with Crippen LogP contribution in [0.25, 0.3) is 0 Å². The fraction of sp³-hybridized carbons (Fsp3) is 0.533. The van der Waals surface area contributed by atoms with Crippen molar-refractivity contribution in [2.24, 2.45) is 0 Å². The predicted octanol–water partition coefficient (Wildman–Crippen LogP) is 4.61. The molecular formula is C15H18ClF3O3S. The van der Waals surface area contributed by atoms with Gasteiger partial charge in [0.05, 0.1) is 15.7 Å². The lowest BCUT2D eigenvalue weighted by molar-refractivity contribution is -0.139. The lowest BCUT2D eigenvalue weighted by atomic mass is 10.0. The molecule has 0 aromatic heterocycles. The molecule has 0 saturated heterocycles. The average Bonchev–Trinajstić information content (AvgIpc) is 2.44. The van der Waals surface area contributed by atoms with Gasteiger partial charge in [-0.1, -0.05) is 20.3 Å². The number of hydrogen-bond donors (Lipinski definition) is 0. The van der Waals surface area contributed by atoms with Crippen LogP contribution in [0.2, 0.25) is 0 Å². The molecule has 8 heteroatoms.